The summed E-state index contributed by atoms with van der Waals surface area (Å²) in [6, 6.07) is 11.4. The molecule has 0 radical (unpaired) electrons. The lowest BCUT2D eigenvalue weighted by molar-refractivity contribution is 0.0690. The van der Waals surface area contributed by atoms with Crippen LogP contribution in [0.5, 0.6) is 0 Å². The van der Waals surface area contributed by atoms with E-state index in [9.17, 15) is 14.0 Å². The highest BCUT2D eigenvalue weighted by Crippen LogP contribution is 2.15. The first-order valence-corrected chi connectivity index (χ1v) is 6.37. The first kappa shape index (κ1) is 14.7. The second-order valence-corrected chi connectivity index (χ2v) is 4.60. The Morgan fingerprint density at radius 2 is 1.62 bits per heavy atom. The van der Waals surface area contributed by atoms with Gasteiger partial charge in [-0.1, -0.05) is 24.3 Å². The molecule has 1 atom stereocenters. The molecule has 0 aliphatic heterocycles. The average molecular weight is 287 g/mol. The minimum absolute atomic E-state index is 0.0543. The van der Waals surface area contributed by atoms with Gasteiger partial charge in [-0.2, -0.15) is 0 Å². The maximum Gasteiger partial charge on any atom is 0.336 e. The lowest BCUT2D eigenvalue weighted by Crippen LogP contribution is -2.28. The Morgan fingerprint density at radius 3 is 2.19 bits per heavy atom. The summed E-state index contributed by atoms with van der Waals surface area (Å²) in [6.45, 7) is 1.74. The van der Waals surface area contributed by atoms with Crippen molar-refractivity contribution in [2.75, 3.05) is 0 Å². The van der Waals surface area contributed by atoms with Crippen molar-refractivity contribution in [2.45, 2.75) is 13.0 Å². The van der Waals surface area contributed by atoms with Crippen molar-refractivity contribution in [3.63, 3.8) is 0 Å². The fraction of sp³-hybridized carbons (Fsp3) is 0.125. The Labute approximate surface area is 121 Å². The van der Waals surface area contributed by atoms with Crippen LogP contribution < -0.4 is 5.32 Å². The van der Waals surface area contributed by atoms with E-state index in [4.69, 9.17) is 5.11 Å². The van der Waals surface area contributed by atoms with E-state index in [-0.39, 0.29) is 23.0 Å². The van der Waals surface area contributed by atoms with Gasteiger partial charge in [0.2, 0.25) is 0 Å². The topological polar surface area (TPSA) is 66.4 Å². The van der Waals surface area contributed by atoms with Crippen molar-refractivity contribution in [3.8, 4) is 0 Å². The van der Waals surface area contributed by atoms with Gasteiger partial charge in [0.25, 0.3) is 5.91 Å². The molecule has 0 heterocycles. The molecule has 2 aromatic carbocycles. The zero-order valence-electron chi connectivity index (χ0n) is 11.3. The maximum absolute atomic E-state index is 12.9. The predicted octanol–water partition coefficient (Wildman–Crippen LogP) is 3.01. The normalized spacial score (nSPS) is 11.7. The zero-order chi connectivity index (χ0) is 15.4. The fourth-order valence-corrected chi connectivity index (χ4v) is 1.98. The Kier molecular flexibility index (Phi) is 4.33. The second kappa shape index (κ2) is 6.17. The highest BCUT2D eigenvalue weighted by atomic mass is 19.1. The van der Waals surface area contributed by atoms with Crippen LogP contribution in [0, 0.1) is 5.82 Å². The minimum atomic E-state index is -1.16. The fourth-order valence-electron chi connectivity index (χ4n) is 1.98. The second-order valence-electron chi connectivity index (χ2n) is 4.60. The molecule has 0 aromatic heterocycles. The van der Waals surface area contributed by atoms with Gasteiger partial charge in [-0.05, 0) is 36.8 Å². The molecule has 2 N–H and O–H groups in total. The summed E-state index contributed by atoms with van der Waals surface area (Å²) in [5, 5.41) is 11.8. The molecule has 21 heavy (non-hydrogen) atoms. The molecule has 0 bridgehead atoms. The number of amides is 1. The van der Waals surface area contributed by atoms with E-state index in [1.54, 1.807) is 31.2 Å². The van der Waals surface area contributed by atoms with Crippen LogP contribution in [-0.4, -0.2) is 17.0 Å². The summed E-state index contributed by atoms with van der Waals surface area (Å²) >= 11 is 0. The Bertz CT molecular complexity index is 667. The first-order valence-electron chi connectivity index (χ1n) is 6.37. The SMILES string of the molecule is CC(NC(=O)c1ccccc1C(=O)O)c1ccc(F)cc1. The number of carboxylic acid groups (broad SMARTS) is 1. The number of carbonyl (C=O) groups is 2. The van der Waals surface area contributed by atoms with Crippen molar-refractivity contribution < 1.29 is 19.1 Å². The number of carboxylic acids is 1. The smallest absolute Gasteiger partial charge is 0.336 e. The van der Waals surface area contributed by atoms with Crippen LogP contribution in [0.3, 0.4) is 0 Å². The molecule has 0 aliphatic rings. The van der Waals surface area contributed by atoms with Crippen LogP contribution in [0.4, 0.5) is 4.39 Å². The lowest BCUT2D eigenvalue weighted by atomic mass is 10.0. The predicted molar refractivity (Wildman–Crippen MR) is 75.7 cm³/mol. The van der Waals surface area contributed by atoms with Gasteiger partial charge in [0.15, 0.2) is 0 Å². The van der Waals surface area contributed by atoms with Gasteiger partial charge in [0.05, 0.1) is 17.2 Å². The molecule has 108 valence electrons. The van der Waals surface area contributed by atoms with Gasteiger partial charge in [-0.3, -0.25) is 4.79 Å². The highest BCUT2D eigenvalue weighted by Gasteiger charge is 2.17. The number of nitrogens with one attached hydrogen (secondary N) is 1. The van der Waals surface area contributed by atoms with E-state index in [0.29, 0.717) is 0 Å². The third-order valence-electron chi connectivity index (χ3n) is 3.12. The molecule has 0 fully saturated rings. The van der Waals surface area contributed by atoms with Crippen LogP contribution in [0.1, 0.15) is 39.2 Å². The van der Waals surface area contributed by atoms with Crippen molar-refractivity contribution in [3.05, 3.63) is 71.0 Å². The minimum Gasteiger partial charge on any atom is -0.478 e. The molecule has 5 heteroatoms. The van der Waals surface area contributed by atoms with Crippen molar-refractivity contribution in [2.24, 2.45) is 0 Å². The molecule has 1 unspecified atom stereocenters. The Morgan fingerprint density at radius 1 is 1.05 bits per heavy atom. The third kappa shape index (κ3) is 3.45. The van der Waals surface area contributed by atoms with Crippen LogP contribution in [-0.2, 0) is 0 Å². The van der Waals surface area contributed by atoms with Crippen LogP contribution >= 0.6 is 0 Å². The summed E-state index contributed by atoms with van der Waals surface area (Å²) in [7, 11) is 0. The number of aromatic carboxylic acids is 1. The first-order chi connectivity index (χ1) is 9.99. The van der Waals surface area contributed by atoms with Gasteiger partial charge in [-0.15, -0.1) is 0 Å². The van der Waals surface area contributed by atoms with Crippen molar-refractivity contribution in [1.82, 2.24) is 5.32 Å². The van der Waals surface area contributed by atoms with E-state index >= 15 is 0 Å². The molecule has 0 spiro atoms. The zero-order valence-corrected chi connectivity index (χ0v) is 11.3. The number of hydrogen-bond acceptors (Lipinski definition) is 2. The number of halogens is 1. The van der Waals surface area contributed by atoms with Crippen LogP contribution in [0.2, 0.25) is 0 Å². The number of hydrogen-bond donors (Lipinski definition) is 2. The molecule has 4 nitrogen and oxygen atoms in total. The summed E-state index contributed by atoms with van der Waals surface area (Å²) < 4.78 is 12.9. The van der Waals surface area contributed by atoms with Crippen molar-refractivity contribution >= 4 is 11.9 Å². The van der Waals surface area contributed by atoms with Gasteiger partial charge < -0.3 is 10.4 Å². The van der Waals surface area contributed by atoms with E-state index in [1.807, 2.05) is 0 Å². The average Bonchev–Trinajstić information content (AvgIpc) is 2.47. The standard InChI is InChI=1S/C16H14FNO3/c1-10(11-6-8-12(17)9-7-11)18-15(19)13-4-2-3-5-14(13)16(20)21/h2-10H,1H3,(H,18,19)(H,20,21). The van der Waals surface area contributed by atoms with Gasteiger partial charge in [0, 0.05) is 0 Å². The largest absolute Gasteiger partial charge is 0.478 e. The van der Waals surface area contributed by atoms with Crippen molar-refractivity contribution in [1.29, 1.82) is 0 Å². The third-order valence-corrected chi connectivity index (χ3v) is 3.12. The Balaban J connectivity index is 2.18. The lowest BCUT2D eigenvalue weighted by Gasteiger charge is -2.15. The molecular weight excluding hydrogens is 273 g/mol. The van der Waals surface area contributed by atoms with E-state index in [0.717, 1.165) is 5.56 Å². The number of carbonyl (C=O) groups excluding carboxylic acids is 1. The summed E-state index contributed by atoms with van der Waals surface area (Å²) in [6.07, 6.45) is 0. The molecule has 2 aromatic rings. The van der Waals surface area contributed by atoms with E-state index in [1.165, 1.54) is 24.3 Å². The molecular formula is C16H14FNO3. The van der Waals surface area contributed by atoms with E-state index in [2.05, 4.69) is 5.32 Å². The summed E-state index contributed by atoms with van der Waals surface area (Å²) in [5.41, 5.74) is 0.776. The molecule has 0 saturated carbocycles. The highest BCUT2D eigenvalue weighted by molar-refractivity contribution is 6.04. The van der Waals surface area contributed by atoms with Gasteiger partial charge in [-0.25, -0.2) is 9.18 Å². The molecule has 1 amide bonds. The summed E-state index contributed by atoms with van der Waals surface area (Å²) in [4.78, 5) is 23.3. The summed E-state index contributed by atoms with van der Waals surface area (Å²) in [5.74, 6) is -1.99. The van der Waals surface area contributed by atoms with Crippen LogP contribution in [0.15, 0.2) is 48.5 Å². The molecule has 0 aliphatic carbocycles. The van der Waals surface area contributed by atoms with E-state index < -0.39 is 11.9 Å². The molecule has 0 saturated heterocycles. The quantitative estimate of drug-likeness (QED) is 0.908. The van der Waals surface area contributed by atoms with Gasteiger partial charge >= 0.3 is 5.97 Å². The van der Waals surface area contributed by atoms with Crippen LogP contribution in [0.25, 0.3) is 0 Å². The van der Waals surface area contributed by atoms with Gasteiger partial charge in [0.1, 0.15) is 5.82 Å². The molecule has 2 rings (SSSR count). The Hall–Kier alpha value is -2.69. The monoisotopic (exact) mass is 287 g/mol. The number of rotatable bonds is 4. The number of benzene rings is 2. The maximum atomic E-state index is 12.9.